The number of hydrazine groups is 1. The highest BCUT2D eigenvalue weighted by atomic mass is 16.5. The predicted octanol–water partition coefficient (Wildman–Crippen LogP) is 3.20. The first-order valence-electron chi connectivity index (χ1n) is 8.22. The quantitative estimate of drug-likeness (QED) is 0.707. The number of rotatable bonds is 4. The molecule has 0 saturated heterocycles. The first kappa shape index (κ1) is 17.5. The van der Waals surface area contributed by atoms with Gasteiger partial charge in [-0.05, 0) is 50.1 Å². The molecule has 1 heterocycles. The van der Waals surface area contributed by atoms with E-state index in [2.05, 4.69) is 10.9 Å². The van der Waals surface area contributed by atoms with Crippen LogP contribution in [0.3, 0.4) is 0 Å². The smallest absolute Gasteiger partial charge is 0.305 e. The monoisotopic (exact) mass is 352 g/mol. The normalized spacial score (nSPS) is 10.6. The van der Waals surface area contributed by atoms with Crippen molar-refractivity contribution in [2.75, 3.05) is 6.61 Å². The second-order valence-electron chi connectivity index (χ2n) is 6.17. The first-order chi connectivity index (χ1) is 12.4. The third kappa shape index (κ3) is 3.85. The third-order valence-corrected chi connectivity index (χ3v) is 3.93. The Morgan fingerprint density at radius 1 is 1.00 bits per heavy atom. The van der Waals surface area contributed by atoms with E-state index in [1.54, 1.807) is 13.0 Å². The Bertz CT molecular complexity index is 955. The Morgan fingerprint density at radius 3 is 2.38 bits per heavy atom. The first-order valence-corrected chi connectivity index (χ1v) is 8.22. The van der Waals surface area contributed by atoms with Gasteiger partial charge in [-0.2, -0.15) is 0 Å². The summed E-state index contributed by atoms with van der Waals surface area (Å²) in [6.07, 6.45) is 0. The molecule has 0 bridgehead atoms. The summed E-state index contributed by atoms with van der Waals surface area (Å²) in [5.41, 5.74) is 8.12. The van der Waals surface area contributed by atoms with Crippen molar-refractivity contribution in [3.8, 4) is 5.75 Å². The molecular formula is C20H20N2O4. The highest BCUT2D eigenvalue weighted by molar-refractivity contribution is 5.99. The molecule has 2 N–H and O–H groups in total. The summed E-state index contributed by atoms with van der Waals surface area (Å²) in [5.74, 6) is -0.205. The van der Waals surface area contributed by atoms with Gasteiger partial charge < -0.3 is 9.15 Å². The van der Waals surface area contributed by atoms with Gasteiger partial charge in [0.15, 0.2) is 12.4 Å². The van der Waals surface area contributed by atoms with Crippen LogP contribution in [-0.2, 0) is 4.79 Å². The van der Waals surface area contributed by atoms with Crippen molar-refractivity contribution in [3.05, 3.63) is 64.9 Å². The van der Waals surface area contributed by atoms with Gasteiger partial charge in [0, 0.05) is 10.9 Å². The highest BCUT2D eigenvalue weighted by Crippen LogP contribution is 2.24. The maximum atomic E-state index is 12.2. The molecule has 134 valence electrons. The summed E-state index contributed by atoms with van der Waals surface area (Å²) in [7, 11) is 0. The molecule has 0 radical (unpaired) electrons. The minimum Gasteiger partial charge on any atom is -0.484 e. The van der Waals surface area contributed by atoms with Crippen LogP contribution in [0.1, 0.15) is 27.2 Å². The molecular weight excluding hydrogens is 332 g/mol. The van der Waals surface area contributed by atoms with E-state index in [0.717, 1.165) is 22.1 Å². The number of fused-ring (bicyclic) bond motifs is 1. The van der Waals surface area contributed by atoms with Crippen LogP contribution < -0.4 is 15.6 Å². The topological polar surface area (TPSA) is 80.6 Å². The van der Waals surface area contributed by atoms with Crippen molar-refractivity contribution in [1.82, 2.24) is 10.9 Å². The number of furan rings is 1. The third-order valence-electron chi connectivity index (χ3n) is 3.93. The van der Waals surface area contributed by atoms with Gasteiger partial charge in [0.25, 0.3) is 5.91 Å². The number of para-hydroxylation sites is 1. The van der Waals surface area contributed by atoms with Crippen LogP contribution in [0.15, 0.2) is 46.9 Å². The summed E-state index contributed by atoms with van der Waals surface area (Å²) in [6, 6.07) is 13.1. The van der Waals surface area contributed by atoms with Crippen LogP contribution >= 0.6 is 0 Å². The zero-order chi connectivity index (χ0) is 18.7. The van der Waals surface area contributed by atoms with E-state index in [4.69, 9.17) is 9.15 Å². The summed E-state index contributed by atoms with van der Waals surface area (Å²) in [5, 5.41) is 0.863. The average molecular weight is 352 g/mol. The molecule has 2 amide bonds. The Morgan fingerprint density at radius 2 is 1.69 bits per heavy atom. The molecule has 0 aliphatic heterocycles. The fraction of sp³-hybridized carbons (Fsp3) is 0.200. The standard InChI is InChI=1S/C20H20N2O4/c1-12-8-13(2)10-15(9-12)25-11-18(23)21-22-20(24)19-14(3)16-6-4-5-7-17(16)26-19/h4-10H,11H2,1-3H3,(H,21,23)(H,22,24). The van der Waals surface area contributed by atoms with E-state index < -0.39 is 11.8 Å². The molecule has 3 aromatic rings. The van der Waals surface area contributed by atoms with Crippen LogP contribution in [0.25, 0.3) is 11.0 Å². The molecule has 6 heteroatoms. The number of carbonyl (C=O) groups is 2. The van der Waals surface area contributed by atoms with Crippen LogP contribution in [0.4, 0.5) is 0 Å². The number of ether oxygens (including phenoxy) is 1. The molecule has 3 rings (SSSR count). The number of hydrogen-bond acceptors (Lipinski definition) is 4. The Hall–Kier alpha value is -3.28. The molecule has 0 aliphatic rings. The zero-order valence-corrected chi connectivity index (χ0v) is 14.9. The van der Waals surface area contributed by atoms with Crippen molar-refractivity contribution in [2.24, 2.45) is 0 Å². The van der Waals surface area contributed by atoms with E-state index >= 15 is 0 Å². The van der Waals surface area contributed by atoms with Crippen molar-refractivity contribution in [3.63, 3.8) is 0 Å². The minimum atomic E-state index is -0.515. The van der Waals surface area contributed by atoms with Gasteiger partial charge in [-0.3, -0.25) is 20.4 Å². The van der Waals surface area contributed by atoms with Crippen molar-refractivity contribution in [2.45, 2.75) is 20.8 Å². The molecule has 2 aromatic carbocycles. The van der Waals surface area contributed by atoms with Crippen molar-refractivity contribution in [1.29, 1.82) is 0 Å². The van der Waals surface area contributed by atoms with Gasteiger partial charge in [-0.25, -0.2) is 0 Å². The maximum Gasteiger partial charge on any atom is 0.305 e. The molecule has 0 atom stereocenters. The van der Waals surface area contributed by atoms with Crippen molar-refractivity contribution >= 4 is 22.8 Å². The maximum absolute atomic E-state index is 12.2. The molecule has 0 unspecified atom stereocenters. The van der Waals surface area contributed by atoms with Crippen LogP contribution in [0.2, 0.25) is 0 Å². The SMILES string of the molecule is Cc1cc(C)cc(OCC(=O)NNC(=O)c2oc3ccccc3c2C)c1. The number of amides is 2. The number of carbonyl (C=O) groups excluding carboxylic acids is 2. The average Bonchev–Trinajstić information content (AvgIpc) is 2.94. The van der Waals surface area contributed by atoms with Crippen LogP contribution in [-0.4, -0.2) is 18.4 Å². The fourth-order valence-corrected chi connectivity index (χ4v) is 2.78. The van der Waals surface area contributed by atoms with E-state index in [1.165, 1.54) is 0 Å². The second-order valence-corrected chi connectivity index (χ2v) is 6.17. The van der Waals surface area contributed by atoms with Gasteiger partial charge >= 0.3 is 5.91 Å². The molecule has 0 fully saturated rings. The Kier molecular flexibility index (Phi) is 4.93. The van der Waals surface area contributed by atoms with Crippen LogP contribution in [0.5, 0.6) is 5.75 Å². The number of aryl methyl sites for hydroxylation is 3. The minimum absolute atomic E-state index is 0.168. The van der Waals surface area contributed by atoms with E-state index in [1.807, 2.05) is 50.2 Å². The van der Waals surface area contributed by atoms with E-state index in [9.17, 15) is 9.59 Å². The molecule has 26 heavy (non-hydrogen) atoms. The number of benzene rings is 2. The zero-order valence-electron chi connectivity index (χ0n) is 14.9. The lowest BCUT2D eigenvalue weighted by Gasteiger charge is -2.09. The second kappa shape index (κ2) is 7.31. The lowest BCUT2D eigenvalue weighted by Crippen LogP contribution is -2.43. The van der Waals surface area contributed by atoms with Crippen molar-refractivity contribution < 1.29 is 18.7 Å². The summed E-state index contributed by atoms with van der Waals surface area (Å²) < 4.78 is 11.0. The van der Waals surface area contributed by atoms with Gasteiger partial charge in [-0.15, -0.1) is 0 Å². The summed E-state index contributed by atoms with van der Waals surface area (Å²) >= 11 is 0. The molecule has 0 spiro atoms. The van der Waals surface area contributed by atoms with Gasteiger partial charge in [0.05, 0.1) is 0 Å². The van der Waals surface area contributed by atoms with Gasteiger partial charge in [0.1, 0.15) is 11.3 Å². The molecule has 6 nitrogen and oxygen atoms in total. The lowest BCUT2D eigenvalue weighted by atomic mass is 10.1. The predicted molar refractivity (Wildman–Crippen MR) is 98.0 cm³/mol. The van der Waals surface area contributed by atoms with Gasteiger partial charge in [-0.1, -0.05) is 24.3 Å². The van der Waals surface area contributed by atoms with E-state index in [0.29, 0.717) is 11.3 Å². The Balaban J connectivity index is 1.56. The molecule has 1 aromatic heterocycles. The Labute approximate surface area is 151 Å². The summed E-state index contributed by atoms with van der Waals surface area (Å²) in [4.78, 5) is 24.1. The highest BCUT2D eigenvalue weighted by Gasteiger charge is 2.17. The number of nitrogens with one attached hydrogen (secondary N) is 2. The van der Waals surface area contributed by atoms with Gasteiger partial charge in [0.2, 0.25) is 0 Å². The molecule has 0 aliphatic carbocycles. The summed E-state index contributed by atoms with van der Waals surface area (Å²) in [6.45, 7) is 5.50. The number of hydrogen-bond donors (Lipinski definition) is 2. The van der Waals surface area contributed by atoms with Crippen LogP contribution in [0, 0.1) is 20.8 Å². The molecule has 0 saturated carbocycles. The lowest BCUT2D eigenvalue weighted by molar-refractivity contribution is -0.123. The fourth-order valence-electron chi connectivity index (χ4n) is 2.78. The largest absolute Gasteiger partial charge is 0.484 e. The van der Waals surface area contributed by atoms with E-state index in [-0.39, 0.29) is 12.4 Å².